The molecule has 2 aromatic carbocycles. The molecular formula is C19H21ClN2O2S. The van der Waals surface area contributed by atoms with Gasteiger partial charge in [-0.2, -0.15) is 0 Å². The summed E-state index contributed by atoms with van der Waals surface area (Å²) >= 11 is 6.29. The zero-order valence-corrected chi connectivity index (χ0v) is 15.7. The van der Waals surface area contributed by atoms with Crippen LogP contribution in [0, 0.1) is 0 Å². The summed E-state index contributed by atoms with van der Waals surface area (Å²) in [6.45, 7) is 3.92. The van der Waals surface area contributed by atoms with Gasteiger partial charge in [-0.05, 0) is 47.9 Å². The number of benzene rings is 2. The first-order valence-electron chi connectivity index (χ1n) is 8.50. The third-order valence-corrected chi connectivity index (χ3v) is 6.80. The second-order valence-corrected chi connectivity index (χ2v) is 8.28. The summed E-state index contributed by atoms with van der Waals surface area (Å²) in [6, 6.07) is 11.8. The molecule has 1 fully saturated rings. The number of rotatable bonds is 2. The van der Waals surface area contributed by atoms with E-state index in [9.17, 15) is 4.21 Å². The zero-order valence-electron chi connectivity index (χ0n) is 14.1. The lowest BCUT2D eigenvalue weighted by molar-refractivity contribution is 0.170. The van der Waals surface area contributed by atoms with Gasteiger partial charge in [0.05, 0.1) is 22.8 Å². The van der Waals surface area contributed by atoms with E-state index >= 15 is 0 Å². The van der Waals surface area contributed by atoms with Crippen LogP contribution in [0.1, 0.15) is 17.2 Å². The Balaban J connectivity index is 1.86. The minimum atomic E-state index is -1.23. The number of fused-ring (bicyclic) bond motifs is 2. The lowest BCUT2D eigenvalue weighted by Crippen LogP contribution is -2.45. The van der Waals surface area contributed by atoms with Gasteiger partial charge in [-0.3, -0.25) is 4.90 Å². The van der Waals surface area contributed by atoms with Gasteiger partial charge in [-0.25, -0.2) is 4.21 Å². The standard InChI is InChI=1S/C19H21ClN2O2S/c1-24-15-4-2-13-10-17(22-8-6-21-7-9-22)16-11-14(20)3-5-18(16)25(23)19(13)12-15/h2-5,11-12,17,21H,6-10H2,1H3/t17-,25+/m1/s1. The van der Waals surface area contributed by atoms with Crippen LogP contribution >= 0.6 is 11.6 Å². The Morgan fingerprint density at radius 3 is 2.72 bits per heavy atom. The molecule has 1 N–H and O–H groups in total. The quantitative estimate of drug-likeness (QED) is 0.874. The van der Waals surface area contributed by atoms with Crippen LogP contribution in [-0.2, 0) is 17.2 Å². The molecule has 2 heterocycles. The van der Waals surface area contributed by atoms with E-state index in [1.165, 1.54) is 0 Å². The summed E-state index contributed by atoms with van der Waals surface area (Å²) in [5.41, 5.74) is 2.21. The lowest BCUT2D eigenvalue weighted by Gasteiger charge is -2.35. The normalized spacial score (nSPS) is 23.4. The number of hydrogen-bond acceptors (Lipinski definition) is 4. The fourth-order valence-electron chi connectivity index (χ4n) is 3.71. The van der Waals surface area contributed by atoms with Gasteiger partial charge in [0, 0.05) is 42.1 Å². The molecule has 132 valence electrons. The molecule has 1 saturated heterocycles. The first kappa shape index (κ1) is 17.0. The second-order valence-electron chi connectivity index (χ2n) is 6.43. The minimum absolute atomic E-state index is 0.189. The maximum atomic E-state index is 13.3. The van der Waals surface area contributed by atoms with Crippen LogP contribution < -0.4 is 10.1 Å². The summed E-state index contributed by atoms with van der Waals surface area (Å²) < 4.78 is 18.7. The molecule has 0 amide bonds. The monoisotopic (exact) mass is 376 g/mol. The van der Waals surface area contributed by atoms with Crippen molar-refractivity contribution in [1.82, 2.24) is 10.2 Å². The molecule has 0 aliphatic carbocycles. The number of nitrogens with zero attached hydrogens (tertiary/aromatic N) is 1. The predicted molar refractivity (Wildman–Crippen MR) is 100 cm³/mol. The van der Waals surface area contributed by atoms with Gasteiger partial charge < -0.3 is 10.1 Å². The van der Waals surface area contributed by atoms with E-state index in [2.05, 4.69) is 16.3 Å². The third-order valence-electron chi connectivity index (χ3n) is 5.01. The van der Waals surface area contributed by atoms with Gasteiger partial charge in [0.25, 0.3) is 0 Å². The number of nitrogens with one attached hydrogen (secondary N) is 1. The van der Waals surface area contributed by atoms with Crippen molar-refractivity contribution in [3.05, 3.63) is 52.5 Å². The van der Waals surface area contributed by atoms with Gasteiger partial charge in [0.2, 0.25) is 0 Å². The van der Waals surface area contributed by atoms with Crippen molar-refractivity contribution in [3.63, 3.8) is 0 Å². The SMILES string of the molecule is COc1ccc2c(c1)[S@@](=O)c1ccc(Cl)cc1[C@H](N1CCNCC1)C2. The molecule has 2 aliphatic rings. The maximum absolute atomic E-state index is 13.3. The van der Waals surface area contributed by atoms with Crippen LogP contribution in [0.3, 0.4) is 0 Å². The molecule has 0 radical (unpaired) electrons. The number of methoxy groups -OCH3 is 1. The largest absolute Gasteiger partial charge is 0.497 e. The highest BCUT2D eigenvalue weighted by Gasteiger charge is 2.31. The first-order chi connectivity index (χ1) is 12.2. The average molecular weight is 377 g/mol. The van der Waals surface area contributed by atoms with Crippen molar-refractivity contribution >= 4 is 22.4 Å². The molecule has 4 nitrogen and oxygen atoms in total. The van der Waals surface area contributed by atoms with Gasteiger partial charge in [-0.15, -0.1) is 0 Å². The van der Waals surface area contributed by atoms with Crippen LogP contribution in [-0.4, -0.2) is 42.4 Å². The number of hydrogen-bond donors (Lipinski definition) is 1. The molecule has 0 aromatic heterocycles. The van der Waals surface area contributed by atoms with E-state index in [0.717, 1.165) is 59.3 Å². The molecule has 0 unspecified atom stereocenters. The number of piperazine rings is 1. The predicted octanol–water partition coefficient (Wildman–Crippen LogP) is 3.02. The molecule has 0 spiro atoms. The summed E-state index contributed by atoms with van der Waals surface area (Å²) in [7, 11) is 0.404. The Kier molecular flexibility index (Phi) is 4.82. The first-order valence-corrected chi connectivity index (χ1v) is 10.0. The summed E-state index contributed by atoms with van der Waals surface area (Å²) in [5.74, 6) is 0.739. The van der Waals surface area contributed by atoms with Crippen LogP contribution in [0.15, 0.2) is 46.2 Å². The minimum Gasteiger partial charge on any atom is -0.497 e. The summed E-state index contributed by atoms with van der Waals surface area (Å²) in [4.78, 5) is 4.18. The summed E-state index contributed by atoms with van der Waals surface area (Å²) in [6.07, 6.45) is 0.832. The van der Waals surface area contributed by atoms with Gasteiger partial charge in [0.15, 0.2) is 0 Å². The smallest absolute Gasteiger partial charge is 0.120 e. The molecular weight excluding hydrogens is 356 g/mol. The van der Waals surface area contributed by atoms with Crippen molar-refractivity contribution in [2.24, 2.45) is 0 Å². The van der Waals surface area contributed by atoms with Crippen molar-refractivity contribution in [3.8, 4) is 5.75 Å². The molecule has 0 saturated carbocycles. The van der Waals surface area contributed by atoms with Crippen molar-refractivity contribution in [2.75, 3.05) is 33.3 Å². The van der Waals surface area contributed by atoms with E-state index in [0.29, 0.717) is 5.02 Å². The highest BCUT2D eigenvalue weighted by atomic mass is 35.5. The van der Waals surface area contributed by atoms with Gasteiger partial charge in [0.1, 0.15) is 5.75 Å². The number of ether oxygens (including phenoxy) is 1. The Bertz CT molecular complexity index is 821. The van der Waals surface area contributed by atoms with E-state index in [4.69, 9.17) is 16.3 Å². The Hall–Kier alpha value is -1.40. The van der Waals surface area contributed by atoms with E-state index in [1.807, 2.05) is 30.3 Å². The van der Waals surface area contributed by atoms with Crippen LogP contribution in [0.4, 0.5) is 0 Å². The molecule has 25 heavy (non-hydrogen) atoms. The summed E-state index contributed by atoms with van der Waals surface area (Å²) in [5, 5.41) is 4.10. The zero-order chi connectivity index (χ0) is 17.4. The van der Waals surface area contributed by atoms with Crippen LogP contribution in [0.5, 0.6) is 5.75 Å². The topological polar surface area (TPSA) is 41.6 Å². The molecule has 4 rings (SSSR count). The number of halogens is 1. The molecule has 6 heteroatoms. The van der Waals surface area contributed by atoms with E-state index < -0.39 is 10.8 Å². The maximum Gasteiger partial charge on any atom is 0.120 e. The Morgan fingerprint density at radius 2 is 1.96 bits per heavy atom. The van der Waals surface area contributed by atoms with E-state index in [1.54, 1.807) is 7.11 Å². The van der Waals surface area contributed by atoms with E-state index in [-0.39, 0.29) is 6.04 Å². The molecule has 2 aromatic rings. The van der Waals surface area contributed by atoms with Crippen molar-refractivity contribution < 1.29 is 8.95 Å². The van der Waals surface area contributed by atoms with Crippen LogP contribution in [0.25, 0.3) is 0 Å². The van der Waals surface area contributed by atoms with Gasteiger partial charge >= 0.3 is 0 Å². The Labute approximate surface area is 155 Å². The Morgan fingerprint density at radius 1 is 1.16 bits per heavy atom. The lowest BCUT2D eigenvalue weighted by atomic mass is 9.96. The average Bonchev–Trinajstić information content (AvgIpc) is 2.77. The van der Waals surface area contributed by atoms with Gasteiger partial charge in [-0.1, -0.05) is 17.7 Å². The molecule has 2 aliphatic heterocycles. The van der Waals surface area contributed by atoms with Crippen molar-refractivity contribution in [2.45, 2.75) is 22.3 Å². The fourth-order valence-corrected chi connectivity index (χ4v) is 5.34. The fraction of sp³-hybridized carbons (Fsp3) is 0.368. The highest BCUT2D eigenvalue weighted by Crippen LogP contribution is 2.39. The highest BCUT2D eigenvalue weighted by molar-refractivity contribution is 7.85. The molecule has 0 bridgehead atoms. The second kappa shape index (κ2) is 7.08. The van der Waals surface area contributed by atoms with Crippen LogP contribution in [0.2, 0.25) is 5.02 Å². The van der Waals surface area contributed by atoms with Crippen molar-refractivity contribution in [1.29, 1.82) is 0 Å². The third kappa shape index (κ3) is 3.22. The molecule has 2 atom stereocenters.